The van der Waals surface area contributed by atoms with E-state index >= 15 is 0 Å². The molecule has 0 spiro atoms. The highest BCUT2D eigenvalue weighted by molar-refractivity contribution is 7.89. The van der Waals surface area contributed by atoms with E-state index in [9.17, 15) is 13.2 Å². The minimum Gasteiger partial charge on any atom is -0.347 e. The van der Waals surface area contributed by atoms with E-state index in [1.807, 2.05) is 13.8 Å². The lowest BCUT2D eigenvalue weighted by Gasteiger charge is -2.33. The van der Waals surface area contributed by atoms with E-state index in [1.165, 1.54) is 16.4 Å². The second-order valence-corrected chi connectivity index (χ2v) is 10.6. The first-order chi connectivity index (χ1) is 11.4. The molecule has 0 aliphatic carbocycles. The van der Waals surface area contributed by atoms with Crippen LogP contribution >= 0.6 is 0 Å². The standard InChI is InChI=1S/C19H30N2O3S/c1-18(2,3)14-19(4,5)20-17(22)15-8-10-16(11-9-15)25(23,24)21-12-6-7-13-21/h8-11H,6-7,12-14H2,1-5H3,(H,20,22). The molecule has 0 aromatic heterocycles. The Morgan fingerprint density at radius 2 is 1.56 bits per heavy atom. The number of amides is 1. The Morgan fingerprint density at radius 3 is 2.04 bits per heavy atom. The highest BCUT2D eigenvalue weighted by Gasteiger charge is 2.29. The quantitative estimate of drug-likeness (QED) is 0.868. The Bertz CT molecular complexity index is 710. The molecule has 2 rings (SSSR count). The molecular weight excluding hydrogens is 336 g/mol. The van der Waals surface area contributed by atoms with E-state index in [0.29, 0.717) is 18.7 Å². The van der Waals surface area contributed by atoms with Gasteiger partial charge in [0.25, 0.3) is 5.91 Å². The summed E-state index contributed by atoms with van der Waals surface area (Å²) in [7, 11) is -3.44. The van der Waals surface area contributed by atoms with Crippen LogP contribution in [0.15, 0.2) is 29.2 Å². The van der Waals surface area contributed by atoms with Crippen LogP contribution < -0.4 is 5.32 Å². The van der Waals surface area contributed by atoms with Crippen molar-refractivity contribution in [2.75, 3.05) is 13.1 Å². The van der Waals surface area contributed by atoms with Gasteiger partial charge in [-0.05, 0) is 62.8 Å². The molecule has 1 saturated heterocycles. The van der Waals surface area contributed by atoms with Gasteiger partial charge in [-0.15, -0.1) is 0 Å². The summed E-state index contributed by atoms with van der Waals surface area (Å²) in [4.78, 5) is 12.7. The second kappa shape index (κ2) is 7.08. The summed E-state index contributed by atoms with van der Waals surface area (Å²) < 4.78 is 26.6. The Kier molecular flexibility index (Phi) is 5.64. The molecule has 1 aliphatic rings. The smallest absolute Gasteiger partial charge is 0.251 e. The fraction of sp³-hybridized carbons (Fsp3) is 0.632. The molecule has 1 amide bonds. The summed E-state index contributed by atoms with van der Waals surface area (Å²) in [5.74, 6) is -0.181. The average Bonchev–Trinajstić information content (AvgIpc) is 2.99. The lowest BCUT2D eigenvalue weighted by atomic mass is 9.81. The predicted octanol–water partition coefficient (Wildman–Crippen LogP) is 3.42. The van der Waals surface area contributed by atoms with Gasteiger partial charge < -0.3 is 5.32 Å². The van der Waals surface area contributed by atoms with Crippen molar-refractivity contribution in [1.29, 1.82) is 0 Å². The number of sulfonamides is 1. The van der Waals surface area contributed by atoms with Crippen LogP contribution in [0.4, 0.5) is 0 Å². The molecule has 6 heteroatoms. The third-order valence-electron chi connectivity index (χ3n) is 4.24. The van der Waals surface area contributed by atoms with Crippen LogP contribution in [0.1, 0.15) is 64.2 Å². The van der Waals surface area contributed by atoms with Crippen molar-refractivity contribution in [3.63, 3.8) is 0 Å². The third kappa shape index (κ3) is 5.28. The summed E-state index contributed by atoms with van der Waals surface area (Å²) in [6.45, 7) is 11.6. The Morgan fingerprint density at radius 1 is 1.04 bits per heavy atom. The van der Waals surface area contributed by atoms with Gasteiger partial charge in [0.1, 0.15) is 0 Å². The van der Waals surface area contributed by atoms with Gasteiger partial charge in [-0.1, -0.05) is 20.8 Å². The molecule has 1 fully saturated rings. The van der Waals surface area contributed by atoms with Crippen LogP contribution in [-0.4, -0.2) is 37.3 Å². The van der Waals surface area contributed by atoms with Crippen LogP contribution in [0.3, 0.4) is 0 Å². The summed E-state index contributed by atoms with van der Waals surface area (Å²) in [5.41, 5.74) is 0.238. The van der Waals surface area contributed by atoms with Crippen LogP contribution in [0.5, 0.6) is 0 Å². The van der Waals surface area contributed by atoms with E-state index < -0.39 is 10.0 Å². The van der Waals surface area contributed by atoms with Crippen molar-refractivity contribution in [2.45, 2.75) is 64.3 Å². The Hall–Kier alpha value is -1.40. The van der Waals surface area contributed by atoms with E-state index in [0.717, 1.165) is 19.3 Å². The number of carbonyl (C=O) groups excluding carboxylic acids is 1. The minimum absolute atomic E-state index is 0.102. The predicted molar refractivity (Wildman–Crippen MR) is 100 cm³/mol. The molecule has 1 aromatic carbocycles. The van der Waals surface area contributed by atoms with E-state index in [4.69, 9.17) is 0 Å². The normalized spacial score (nSPS) is 16.8. The lowest BCUT2D eigenvalue weighted by molar-refractivity contribution is 0.0891. The summed E-state index contributed by atoms with van der Waals surface area (Å²) in [6.07, 6.45) is 2.65. The van der Waals surface area contributed by atoms with Gasteiger partial charge in [-0.25, -0.2) is 8.42 Å². The van der Waals surface area contributed by atoms with Crippen LogP contribution in [0.25, 0.3) is 0 Å². The van der Waals surface area contributed by atoms with Crippen molar-refractivity contribution in [3.05, 3.63) is 29.8 Å². The summed E-state index contributed by atoms with van der Waals surface area (Å²) >= 11 is 0. The highest BCUT2D eigenvalue weighted by atomic mass is 32.2. The minimum atomic E-state index is -3.44. The van der Waals surface area contributed by atoms with Crippen molar-refractivity contribution in [1.82, 2.24) is 9.62 Å². The Balaban J connectivity index is 2.10. The molecular formula is C19H30N2O3S. The molecule has 1 N–H and O–H groups in total. The Labute approximate surface area is 151 Å². The maximum atomic E-state index is 12.5. The molecule has 0 atom stereocenters. The van der Waals surface area contributed by atoms with E-state index in [2.05, 4.69) is 26.1 Å². The van der Waals surface area contributed by atoms with Gasteiger partial charge in [0.2, 0.25) is 10.0 Å². The first kappa shape index (κ1) is 19.9. The molecule has 1 aliphatic heterocycles. The fourth-order valence-corrected chi connectivity index (χ4v) is 5.12. The molecule has 140 valence electrons. The van der Waals surface area contributed by atoms with E-state index in [-0.39, 0.29) is 21.8 Å². The summed E-state index contributed by atoms with van der Waals surface area (Å²) in [5, 5.41) is 3.04. The first-order valence-corrected chi connectivity index (χ1v) is 10.3. The zero-order chi connectivity index (χ0) is 18.9. The van der Waals surface area contributed by atoms with Crippen LogP contribution in [0.2, 0.25) is 0 Å². The lowest BCUT2D eigenvalue weighted by Crippen LogP contribution is -2.45. The molecule has 1 heterocycles. The molecule has 0 radical (unpaired) electrons. The second-order valence-electron chi connectivity index (χ2n) is 8.71. The van der Waals surface area contributed by atoms with Crippen LogP contribution in [-0.2, 0) is 10.0 Å². The van der Waals surface area contributed by atoms with Crippen LogP contribution in [0, 0.1) is 5.41 Å². The molecule has 0 saturated carbocycles. The average molecular weight is 367 g/mol. The van der Waals surface area contributed by atoms with Gasteiger partial charge in [0.05, 0.1) is 4.90 Å². The number of nitrogens with one attached hydrogen (secondary N) is 1. The molecule has 1 aromatic rings. The zero-order valence-corrected chi connectivity index (χ0v) is 16.7. The highest BCUT2D eigenvalue weighted by Crippen LogP contribution is 2.27. The molecule has 5 nitrogen and oxygen atoms in total. The molecule has 0 bridgehead atoms. The van der Waals surface area contributed by atoms with Crippen molar-refractivity contribution < 1.29 is 13.2 Å². The van der Waals surface area contributed by atoms with Crippen molar-refractivity contribution >= 4 is 15.9 Å². The number of nitrogens with zero attached hydrogens (tertiary/aromatic N) is 1. The molecule has 0 unspecified atom stereocenters. The largest absolute Gasteiger partial charge is 0.347 e. The summed E-state index contributed by atoms with van der Waals surface area (Å²) in [6, 6.07) is 6.23. The SMILES string of the molecule is CC(C)(C)CC(C)(C)NC(=O)c1ccc(S(=O)(=O)N2CCCC2)cc1. The third-order valence-corrected chi connectivity index (χ3v) is 6.16. The maximum absolute atomic E-state index is 12.5. The number of hydrogen-bond acceptors (Lipinski definition) is 3. The van der Waals surface area contributed by atoms with Gasteiger partial charge in [-0.3, -0.25) is 4.79 Å². The zero-order valence-electron chi connectivity index (χ0n) is 15.9. The number of benzene rings is 1. The molecule has 25 heavy (non-hydrogen) atoms. The number of rotatable bonds is 5. The number of hydrogen-bond donors (Lipinski definition) is 1. The van der Waals surface area contributed by atoms with E-state index in [1.54, 1.807) is 12.1 Å². The van der Waals surface area contributed by atoms with Gasteiger partial charge in [0, 0.05) is 24.2 Å². The van der Waals surface area contributed by atoms with Gasteiger partial charge >= 0.3 is 0 Å². The maximum Gasteiger partial charge on any atom is 0.251 e. The topological polar surface area (TPSA) is 66.5 Å². The van der Waals surface area contributed by atoms with Gasteiger partial charge in [0.15, 0.2) is 0 Å². The van der Waals surface area contributed by atoms with Gasteiger partial charge in [-0.2, -0.15) is 4.31 Å². The monoisotopic (exact) mass is 366 g/mol. The van der Waals surface area contributed by atoms with Crippen molar-refractivity contribution in [2.24, 2.45) is 5.41 Å². The fourth-order valence-electron chi connectivity index (χ4n) is 3.61. The van der Waals surface area contributed by atoms with Crippen molar-refractivity contribution in [3.8, 4) is 0 Å². The first-order valence-electron chi connectivity index (χ1n) is 8.84. The number of carbonyl (C=O) groups is 1.